The summed E-state index contributed by atoms with van der Waals surface area (Å²) in [6.45, 7) is 0. The predicted molar refractivity (Wildman–Crippen MR) is 99.3 cm³/mol. The molecule has 2 amide bonds. The van der Waals surface area contributed by atoms with E-state index >= 15 is 0 Å². The average molecular weight is 344 g/mol. The van der Waals surface area contributed by atoms with E-state index in [-0.39, 0.29) is 23.7 Å². The third-order valence-electron chi connectivity index (χ3n) is 5.05. The molecule has 3 aromatic rings. The van der Waals surface area contributed by atoms with Crippen LogP contribution < -0.4 is 10.7 Å². The van der Waals surface area contributed by atoms with Crippen LogP contribution in [-0.2, 0) is 4.79 Å². The Balaban J connectivity index is 1.42. The van der Waals surface area contributed by atoms with Crippen LogP contribution in [0.3, 0.4) is 0 Å². The van der Waals surface area contributed by atoms with Crippen LogP contribution in [0.15, 0.2) is 53.8 Å². The second kappa shape index (κ2) is 5.56. The Labute approximate surface area is 149 Å². The van der Waals surface area contributed by atoms with Crippen LogP contribution in [0, 0.1) is 5.92 Å². The lowest BCUT2D eigenvalue weighted by Crippen LogP contribution is -2.18. The number of nitrogens with one attached hydrogen (secondary N) is 3. The van der Waals surface area contributed by atoms with Gasteiger partial charge in [-0.05, 0) is 30.0 Å². The molecule has 26 heavy (non-hydrogen) atoms. The summed E-state index contributed by atoms with van der Waals surface area (Å²) in [6.07, 6.45) is 4.27. The molecule has 1 aliphatic heterocycles. The number of carbonyl (C=O) groups excluding carboxylic acids is 2. The molecule has 0 bridgehead atoms. The highest BCUT2D eigenvalue weighted by molar-refractivity contribution is 6.15. The highest BCUT2D eigenvalue weighted by atomic mass is 16.2. The van der Waals surface area contributed by atoms with Gasteiger partial charge in [-0.25, -0.2) is 5.43 Å². The molecule has 0 spiro atoms. The maximum absolute atomic E-state index is 12.6. The minimum absolute atomic E-state index is 0.0116. The molecule has 6 heteroatoms. The van der Waals surface area contributed by atoms with Crippen LogP contribution in [0.25, 0.3) is 10.9 Å². The number of H-pyrrole nitrogens is 1. The number of nitrogens with zero attached hydrogens (tertiary/aromatic N) is 1. The van der Waals surface area contributed by atoms with E-state index in [1.807, 2.05) is 24.3 Å². The highest BCUT2D eigenvalue weighted by Gasteiger charge is 2.43. The second-order valence-corrected chi connectivity index (χ2v) is 6.74. The number of hydrazone groups is 1. The first-order chi connectivity index (χ1) is 12.7. The van der Waals surface area contributed by atoms with Crippen LogP contribution in [0.5, 0.6) is 0 Å². The van der Waals surface area contributed by atoms with Crippen molar-refractivity contribution in [1.29, 1.82) is 0 Å². The zero-order chi connectivity index (χ0) is 17.7. The van der Waals surface area contributed by atoms with Crippen LogP contribution in [0.2, 0.25) is 0 Å². The number of hydrogen-bond acceptors (Lipinski definition) is 3. The zero-order valence-corrected chi connectivity index (χ0v) is 13.8. The third kappa shape index (κ3) is 2.38. The van der Waals surface area contributed by atoms with Crippen molar-refractivity contribution in [2.45, 2.75) is 12.3 Å². The predicted octanol–water partition coefficient (Wildman–Crippen LogP) is 2.99. The monoisotopic (exact) mass is 344 g/mol. The molecule has 2 aromatic carbocycles. The SMILES string of the molecule is O=C1NN=Cc2c[nH]c3cc(NC(=O)[C@H]4C[C@@H]4c4ccccc4)cc1c23. The first-order valence-corrected chi connectivity index (χ1v) is 8.55. The molecule has 1 fully saturated rings. The van der Waals surface area contributed by atoms with E-state index in [1.54, 1.807) is 18.5 Å². The van der Waals surface area contributed by atoms with Gasteiger partial charge in [0, 0.05) is 34.3 Å². The van der Waals surface area contributed by atoms with E-state index in [0.29, 0.717) is 11.3 Å². The molecular weight excluding hydrogens is 328 g/mol. The molecule has 1 aliphatic carbocycles. The number of carbonyl (C=O) groups is 2. The summed E-state index contributed by atoms with van der Waals surface area (Å²) in [5.41, 5.74) is 6.44. The van der Waals surface area contributed by atoms with Crippen molar-refractivity contribution in [3.05, 3.63) is 65.4 Å². The quantitative estimate of drug-likeness (QED) is 0.682. The minimum Gasteiger partial charge on any atom is -0.360 e. The number of aromatic nitrogens is 1. The van der Waals surface area contributed by atoms with Gasteiger partial charge in [0.25, 0.3) is 5.91 Å². The number of anilines is 1. The summed E-state index contributed by atoms with van der Waals surface area (Å²) in [7, 11) is 0. The first kappa shape index (κ1) is 14.9. The number of amides is 2. The summed E-state index contributed by atoms with van der Waals surface area (Å²) in [4.78, 5) is 28.0. The van der Waals surface area contributed by atoms with Crippen molar-refractivity contribution in [1.82, 2.24) is 10.4 Å². The normalized spacial score (nSPS) is 20.5. The van der Waals surface area contributed by atoms with Crippen molar-refractivity contribution in [3.63, 3.8) is 0 Å². The van der Waals surface area contributed by atoms with Crippen molar-refractivity contribution < 1.29 is 9.59 Å². The Kier molecular flexibility index (Phi) is 3.18. The van der Waals surface area contributed by atoms with Gasteiger partial charge in [0.05, 0.1) is 11.8 Å². The van der Waals surface area contributed by atoms with E-state index in [0.717, 1.165) is 22.9 Å². The molecule has 0 unspecified atom stereocenters. The zero-order valence-electron chi connectivity index (χ0n) is 13.8. The smallest absolute Gasteiger partial charge is 0.272 e. The summed E-state index contributed by atoms with van der Waals surface area (Å²) < 4.78 is 0. The van der Waals surface area contributed by atoms with Crippen molar-refractivity contribution >= 4 is 34.6 Å². The molecule has 2 aliphatic rings. The van der Waals surface area contributed by atoms with Gasteiger partial charge in [-0.3, -0.25) is 9.59 Å². The van der Waals surface area contributed by atoms with Crippen molar-refractivity contribution in [2.24, 2.45) is 11.0 Å². The topological polar surface area (TPSA) is 86.3 Å². The number of hydrogen-bond donors (Lipinski definition) is 3. The second-order valence-electron chi connectivity index (χ2n) is 6.74. The molecular formula is C20H16N4O2. The molecule has 5 rings (SSSR count). The van der Waals surface area contributed by atoms with Gasteiger partial charge in [0.2, 0.25) is 5.91 Å². The fraction of sp³-hybridized carbons (Fsp3) is 0.150. The Morgan fingerprint density at radius 1 is 1.19 bits per heavy atom. The van der Waals surface area contributed by atoms with Crippen LogP contribution in [0.1, 0.15) is 33.8 Å². The summed E-state index contributed by atoms with van der Waals surface area (Å²) in [6, 6.07) is 13.6. The minimum atomic E-state index is -0.283. The standard InChI is InChI=1S/C20H16N4O2/c25-19(15-8-14(15)11-4-2-1-3-5-11)23-13-6-16-18-12(9-21-17(18)7-13)10-22-24-20(16)26/h1-7,9-10,14-15,21H,8H2,(H,23,25)(H,24,26)/t14-,15+/m1/s1. The fourth-order valence-corrected chi connectivity index (χ4v) is 3.66. The number of benzene rings is 2. The van der Waals surface area contributed by atoms with Crippen LogP contribution >= 0.6 is 0 Å². The highest BCUT2D eigenvalue weighted by Crippen LogP contribution is 2.48. The molecule has 3 N–H and O–H groups in total. The lowest BCUT2D eigenvalue weighted by atomic mass is 10.0. The molecule has 128 valence electrons. The van der Waals surface area contributed by atoms with Crippen LogP contribution in [-0.4, -0.2) is 23.0 Å². The fourth-order valence-electron chi connectivity index (χ4n) is 3.66. The Morgan fingerprint density at radius 3 is 2.88 bits per heavy atom. The van der Waals surface area contributed by atoms with E-state index in [9.17, 15) is 9.59 Å². The molecule has 0 saturated heterocycles. The number of rotatable bonds is 3. The van der Waals surface area contributed by atoms with Crippen molar-refractivity contribution in [2.75, 3.05) is 5.32 Å². The van der Waals surface area contributed by atoms with E-state index in [2.05, 4.69) is 33.0 Å². The lowest BCUT2D eigenvalue weighted by molar-refractivity contribution is -0.117. The number of aromatic amines is 1. The largest absolute Gasteiger partial charge is 0.360 e. The molecule has 2 heterocycles. The Morgan fingerprint density at radius 2 is 2.04 bits per heavy atom. The molecule has 0 radical (unpaired) electrons. The Hall–Kier alpha value is -3.41. The van der Waals surface area contributed by atoms with E-state index in [1.165, 1.54) is 5.56 Å². The third-order valence-corrected chi connectivity index (χ3v) is 5.05. The van der Waals surface area contributed by atoms with E-state index < -0.39 is 0 Å². The van der Waals surface area contributed by atoms with Gasteiger partial charge >= 0.3 is 0 Å². The summed E-state index contributed by atoms with van der Waals surface area (Å²) >= 11 is 0. The molecule has 1 aromatic heterocycles. The Bertz CT molecular complexity index is 1070. The van der Waals surface area contributed by atoms with E-state index in [4.69, 9.17) is 0 Å². The van der Waals surface area contributed by atoms with Crippen LogP contribution in [0.4, 0.5) is 5.69 Å². The maximum atomic E-state index is 12.6. The maximum Gasteiger partial charge on any atom is 0.272 e. The summed E-state index contributed by atoms with van der Waals surface area (Å²) in [5, 5.41) is 7.68. The molecule has 2 atom stereocenters. The van der Waals surface area contributed by atoms with Gasteiger partial charge in [-0.2, -0.15) is 5.10 Å². The van der Waals surface area contributed by atoms with Gasteiger partial charge < -0.3 is 10.3 Å². The summed E-state index contributed by atoms with van der Waals surface area (Å²) in [5.74, 6) is -0.0457. The molecule has 1 saturated carbocycles. The van der Waals surface area contributed by atoms with Gasteiger partial charge in [-0.1, -0.05) is 30.3 Å². The first-order valence-electron chi connectivity index (χ1n) is 8.55. The van der Waals surface area contributed by atoms with Gasteiger partial charge in [0.1, 0.15) is 0 Å². The van der Waals surface area contributed by atoms with Gasteiger partial charge in [0.15, 0.2) is 0 Å². The molecule has 6 nitrogen and oxygen atoms in total. The van der Waals surface area contributed by atoms with Gasteiger partial charge in [-0.15, -0.1) is 0 Å². The van der Waals surface area contributed by atoms with Crippen molar-refractivity contribution in [3.8, 4) is 0 Å². The average Bonchev–Trinajstić information content (AvgIpc) is 3.39. The lowest BCUT2D eigenvalue weighted by Gasteiger charge is -2.08.